The van der Waals surface area contributed by atoms with Crippen molar-refractivity contribution < 1.29 is 9.53 Å². The van der Waals surface area contributed by atoms with Crippen LogP contribution >= 0.6 is 27.3 Å². The first-order chi connectivity index (χ1) is 11.0. The molecule has 0 saturated heterocycles. The monoisotopic (exact) mass is 395 g/mol. The number of halogens is 1. The molecule has 1 aromatic carbocycles. The topological polar surface area (TPSA) is 63.6 Å². The Hall–Kier alpha value is -1.73. The maximum Gasteiger partial charge on any atom is 0.311 e. The van der Waals surface area contributed by atoms with Crippen LogP contribution in [0.2, 0.25) is 0 Å². The lowest BCUT2D eigenvalue weighted by Crippen LogP contribution is -2.07. The van der Waals surface area contributed by atoms with E-state index >= 15 is 0 Å². The quantitative estimate of drug-likeness (QED) is 0.454. The van der Waals surface area contributed by atoms with Crippen LogP contribution in [0.3, 0.4) is 0 Å². The smallest absolute Gasteiger partial charge is 0.311 e. The van der Waals surface area contributed by atoms with E-state index in [0.717, 1.165) is 10.0 Å². The van der Waals surface area contributed by atoms with Crippen molar-refractivity contribution in [1.82, 2.24) is 4.98 Å². The second-order valence-electron chi connectivity index (χ2n) is 4.88. The van der Waals surface area contributed by atoms with Crippen LogP contribution in [0, 0.1) is 13.8 Å². The van der Waals surface area contributed by atoms with E-state index in [2.05, 4.69) is 45.3 Å². The maximum atomic E-state index is 11.4. The van der Waals surface area contributed by atoms with Crippen molar-refractivity contribution in [2.24, 2.45) is 5.10 Å². The van der Waals surface area contributed by atoms with E-state index in [-0.39, 0.29) is 12.4 Å². The first kappa shape index (κ1) is 17.6. The molecule has 0 saturated carbocycles. The summed E-state index contributed by atoms with van der Waals surface area (Å²) >= 11 is 4.92. The van der Waals surface area contributed by atoms with Crippen LogP contribution in [-0.2, 0) is 16.0 Å². The van der Waals surface area contributed by atoms with E-state index in [1.165, 1.54) is 22.5 Å². The molecule has 23 heavy (non-hydrogen) atoms. The number of carbonyl (C=O) groups excluding carboxylic acids is 1. The van der Waals surface area contributed by atoms with Crippen molar-refractivity contribution in [2.45, 2.75) is 27.2 Å². The Kier molecular flexibility index (Phi) is 6.29. The van der Waals surface area contributed by atoms with Crippen molar-refractivity contribution in [3.8, 4) is 0 Å². The standard InChI is InChI=1S/C16H18BrN3O2S/c1-4-22-15(21)7-13-9-23-16(19-13)20-18-8-12-5-6-14(17)11(3)10(12)2/h5-6,8-9H,4,7H2,1-3H3,(H,19,20). The Morgan fingerprint density at radius 3 is 2.96 bits per heavy atom. The van der Waals surface area contributed by atoms with E-state index in [0.29, 0.717) is 17.4 Å². The molecular formula is C16H18BrN3O2S. The third-order valence-corrected chi connectivity index (χ3v) is 4.96. The molecule has 0 atom stereocenters. The van der Waals surface area contributed by atoms with Gasteiger partial charge in [-0.2, -0.15) is 5.10 Å². The SMILES string of the molecule is CCOC(=O)Cc1csc(NN=Cc2ccc(Br)c(C)c2C)n1. The van der Waals surface area contributed by atoms with E-state index < -0.39 is 0 Å². The number of anilines is 1. The number of esters is 1. The van der Waals surface area contributed by atoms with Crippen LogP contribution in [0.1, 0.15) is 29.3 Å². The summed E-state index contributed by atoms with van der Waals surface area (Å²) in [6, 6.07) is 4.01. The third-order valence-electron chi connectivity index (χ3n) is 3.31. The molecule has 2 rings (SSSR count). The summed E-state index contributed by atoms with van der Waals surface area (Å²) in [4.78, 5) is 15.7. The number of nitrogens with zero attached hydrogens (tertiary/aromatic N) is 2. The number of rotatable bonds is 6. The first-order valence-electron chi connectivity index (χ1n) is 7.16. The molecule has 0 amide bonds. The summed E-state index contributed by atoms with van der Waals surface area (Å²) in [5, 5.41) is 6.68. The number of thiazole rings is 1. The second kappa shape index (κ2) is 8.21. The fraction of sp³-hybridized carbons (Fsp3) is 0.312. The lowest BCUT2D eigenvalue weighted by Gasteiger charge is -2.06. The van der Waals surface area contributed by atoms with Gasteiger partial charge in [0.15, 0.2) is 0 Å². The molecule has 1 N–H and O–H groups in total. The highest BCUT2D eigenvalue weighted by atomic mass is 79.9. The fourth-order valence-electron chi connectivity index (χ4n) is 1.90. The molecule has 0 aliphatic rings. The van der Waals surface area contributed by atoms with Gasteiger partial charge in [0.05, 0.1) is 24.9 Å². The zero-order valence-corrected chi connectivity index (χ0v) is 15.6. The lowest BCUT2D eigenvalue weighted by atomic mass is 10.0. The molecule has 1 aromatic heterocycles. The van der Waals surface area contributed by atoms with Crippen molar-refractivity contribution >= 4 is 44.6 Å². The minimum absolute atomic E-state index is 0.181. The molecule has 122 valence electrons. The Balaban J connectivity index is 1.97. The molecule has 0 aliphatic heterocycles. The van der Waals surface area contributed by atoms with Crippen molar-refractivity contribution in [3.05, 3.63) is 44.4 Å². The molecule has 1 heterocycles. The van der Waals surface area contributed by atoms with Gasteiger partial charge in [-0.3, -0.25) is 10.2 Å². The van der Waals surface area contributed by atoms with Crippen LogP contribution in [0.4, 0.5) is 5.13 Å². The summed E-state index contributed by atoms with van der Waals surface area (Å²) < 4.78 is 5.99. The van der Waals surface area contributed by atoms with Gasteiger partial charge in [0.25, 0.3) is 0 Å². The van der Waals surface area contributed by atoms with E-state index in [4.69, 9.17) is 4.74 Å². The average Bonchev–Trinajstić information content (AvgIpc) is 2.95. The highest BCUT2D eigenvalue weighted by molar-refractivity contribution is 9.10. The van der Waals surface area contributed by atoms with Gasteiger partial charge in [-0.05, 0) is 43.5 Å². The normalized spacial score (nSPS) is 11.0. The van der Waals surface area contributed by atoms with Gasteiger partial charge in [0.1, 0.15) is 0 Å². The van der Waals surface area contributed by atoms with Crippen LogP contribution in [0.25, 0.3) is 0 Å². The number of hydrazone groups is 1. The predicted octanol–water partition coefficient (Wildman–Crippen LogP) is 4.07. The zero-order valence-electron chi connectivity index (χ0n) is 13.2. The molecule has 0 spiro atoms. The summed E-state index contributed by atoms with van der Waals surface area (Å²) in [5.74, 6) is -0.270. The molecule has 7 heteroatoms. The van der Waals surface area contributed by atoms with Gasteiger partial charge >= 0.3 is 5.97 Å². The highest BCUT2D eigenvalue weighted by Gasteiger charge is 2.08. The number of carbonyl (C=O) groups is 1. The zero-order chi connectivity index (χ0) is 16.8. The van der Waals surface area contributed by atoms with Crippen LogP contribution in [0.15, 0.2) is 27.1 Å². The third kappa shape index (κ3) is 4.87. The number of benzene rings is 1. The van der Waals surface area contributed by atoms with E-state index in [1.54, 1.807) is 13.1 Å². The summed E-state index contributed by atoms with van der Waals surface area (Å²) in [7, 11) is 0. The molecule has 0 aliphatic carbocycles. The minimum Gasteiger partial charge on any atom is -0.466 e. The summed E-state index contributed by atoms with van der Waals surface area (Å²) in [6.45, 7) is 6.28. The van der Waals surface area contributed by atoms with E-state index in [1.807, 2.05) is 17.5 Å². The van der Waals surface area contributed by atoms with Crippen molar-refractivity contribution in [1.29, 1.82) is 0 Å². The van der Waals surface area contributed by atoms with Crippen LogP contribution < -0.4 is 5.43 Å². The van der Waals surface area contributed by atoms with Gasteiger partial charge in [0, 0.05) is 9.85 Å². The molecule has 0 bridgehead atoms. The number of aromatic nitrogens is 1. The Bertz CT molecular complexity index is 728. The van der Waals surface area contributed by atoms with Crippen LogP contribution in [0.5, 0.6) is 0 Å². The molecular weight excluding hydrogens is 378 g/mol. The molecule has 0 radical (unpaired) electrons. The summed E-state index contributed by atoms with van der Waals surface area (Å²) in [6.07, 6.45) is 1.95. The van der Waals surface area contributed by atoms with E-state index in [9.17, 15) is 4.79 Å². The van der Waals surface area contributed by atoms with Crippen LogP contribution in [-0.4, -0.2) is 23.8 Å². The van der Waals surface area contributed by atoms with Crippen molar-refractivity contribution in [2.75, 3.05) is 12.0 Å². The lowest BCUT2D eigenvalue weighted by molar-refractivity contribution is -0.142. The highest BCUT2D eigenvalue weighted by Crippen LogP contribution is 2.21. The largest absolute Gasteiger partial charge is 0.466 e. The number of hydrogen-bond acceptors (Lipinski definition) is 6. The minimum atomic E-state index is -0.270. The second-order valence-corrected chi connectivity index (χ2v) is 6.59. The maximum absolute atomic E-state index is 11.4. The Morgan fingerprint density at radius 1 is 1.43 bits per heavy atom. The fourth-order valence-corrected chi connectivity index (χ4v) is 2.99. The molecule has 2 aromatic rings. The molecule has 0 fully saturated rings. The van der Waals surface area contributed by atoms with Gasteiger partial charge in [-0.15, -0.1) is 11.3 Å². The van der Waals surface area contributed by atoms with Gasteiger partial charge in [-0.1, -0.05) is 22.0 Å². The Morgan fingerprint density at radius 2 is 2.22 bits per heavy atom. The average molecular weight is 396 g/mol. The molecule has 0 unspecified atom stereocenters. The van der Waals surface area contributed by atoms with Gasteiger partial charge < -0.3 is 4.74 Å². The summed E-state index contributed by atoms with van der Waals surface area (Å²) in [5.41, 5.74) is 6.99. The predicted molar refractivity (Wildman–Crippen MR) is 97.3 cm³/mol. The van der Waals surface area contributed by atoms with Crippen molar-refractivity contribution in [3.63, 3.8) is 0 Å². The first-order valence-corrected chi connectivity index (χ1v) is 8.83. The number of hydrogen-bond donors (Lipinski definition) is 1. The van der Waals surface area contributed by atoms with Gasteiger partial charge in [0.2, 0.25) is 5.13 Å². The number of ether oxygens (including phenoxy) is 1. The molecule has 5 nitrogen and oxygen atoms in total. The Labute approximate surface area is 147 Å². The van der Waals surface area contributed by atoms with Gasteiger partial charge in [-0.25, -0.2) is 4.98 Å². The number of nitrogens with one attached hydrogen (secondary N) is 1.